The second kappa shape index (κ2) is 12.0. The molecule has 32 heavy (non-hydrogen) atoms. The van der Waals surface area contributed by atoms with Crippen LogP contribution >= 0.6 is 0 Å². The van der Waals surface area contributed by atoms with E-state index in [0.29, 0.717) is 19.6 Å². The highest BCUT2D eigenvalue weighted by atomic mass is 16.5. The average Bonchev–Trinajstić information content (AvgIpc) is 3.21. The van der Waals surface area contributed by atoms with Gasteiger partial charge in [0.2, 0.25) is 5.91 Å². The minimum Gasteiger partial charge on any atom is -0.480 e. The molecule has 1 N–H and O–H groups in total. The summed E-state index contributed by atoms with van der Waals surface area (Å²) in [6, 6.07) is 7.30. The van der Waals surface area contributed by atoms with Crippen LogP contribution in [0.2, 0.25) is 0 Å². The van der Waals surface area contributed by atoms with Crippen LogP contribution in [-0.4, -0.2) is 53.1 Å². The third-order valence-corrected chi connectivity index (χ3v) is 6.35. The van der Waals surface area contributed by atoms with Gasteiger partial charge in [-0.1, -0.05) is 44.0 Å². The number of hydrogen-bond donors (Lipinski definition) is 1. The first-order valence-corrected chi connectivity index (χ1v) is 11.9. The molecule has 1 aromatic carbocycles. The SMILES string of the molecule is CCCC[C@@H]1CC(=O)OCCCCCc2cccc(c2)CO[C@@H]2C[C@@H](C(=O)O)N(C2)C1=O. The molecule has 2 aliphatic rings. The first kappa shape index (κ1) is 24.2. The molecular formula is C25H35NO6. The molecular weight excluding hydrogens is 410 g/mol. The summed E-state index contributed by atoms with van der Waals surface area (Å²) >= 11 is 0. The predicted molar refractivity (Wildman–Crippen MR) is 119 cm³/mol. The first-order valence-electron chi connectivity index (χ1n) is 11.9. The zero-order chi connectivity index (χ0) is 22.9. The Labute approximate surface area is 190 Å². The number of esters is 1. The number of rotatable bonds is 4. The molecule has 2 heterocycles. The Hall–Kier alpha value is -2.41. The van der Waals surface area contributed by atoms with E-state index in [2.05, 4.69) is 12.1 Å². The van der Waals surface area contributed by atoms with E-state index in [9.17, 15) is 19.5 Å². The third kappa shape index (κ3) is 6.79. The highest BCUT2D eigenvalue weighted by Crippen LogP contribution is 2.27. The summed E-state index contributed by atoms with van der Waals surface area (Å²) in [5, 5.41) is 9.73. The van der Waals surface area contributed by atoms with Gasteiger partial charge in [0.25, 0.3) is 0 Å². The Morgan fingerprint density at radius 1 is 1.19 bits per heavy atom. The van der Waals surface area contributed by atoms with Gasteiger partial charge in [-0.25, -0.2) is 4.79 Å². The average molecular weight is 446 g/mol. The van der Waals surface area contributed by atoms with Crippen molar-refractivity contribution in [2.24, 2.45) is 5.92 Å². The van der Waals surface area contributed by atoms with Gasteiger partial charge in [-0.15, -0.1) is 0 Å². The van der Waals surface area contributed by atoms with Crippen LogP contribution in [0.3, 0.4) is 0 Å². The van der Waals surface area contributed by atoms with Crippen LogP contribution in [0.25, 0.3) is 0 Å². The zero-order valence-corrected chi connectivity index (χ0v) is 19.0. The fourth-order valence-electron chi connectivity index (χ4n) is 4.54. The lowest BCUT2D eigenvalue weighted by Crippen LogP contribution is -2.44. The van der Waals surface area contributed by atoms with Crippen molar-refractivity contribution >= 4 is 17.8 Å². The van der Waals surface area contributed by atoms with Crippen molar-refractivity contribution in [1.82, 2.24) is 4.90 Å². The number of aryl methyl sites for hydroxylation is 1. The summed E-state index contributed by atoms with van der Waals surface area (Å²) in [6.07, 6.45) is 5.86. The molecule has 0 saturated carbocycles. The van der Waals surface area contributed by atoms with Crippen molar-refractivity contribution in [3.05, 3.63) is 35.4 Å². The van der Waals surface area contributed by atoms with Crippen LogP contribution in [0, 0.1) is 5.92 Å². The molecule has 1 aromatic rings. The molecule has 7 heteroatoms. The number of cyclic esters (lactones) is 1. The molecule has 1 amide bonds. The van der Waals surface area contributed by atoms with Gasteiger partial charge in [-0.05, 0) is 43.2 Å². The lowest BCUT2D eigenvalue weighted by Gasteiger charge is -2.26. The first-order chi connectivity index (χ1) is 15.5. The number of amides is 1. The fraction of sp³-hybridized carbons (Fsp3) is 0.640. The summed E-state index contributed by atoms with van der Waals surface area (Å²) in [5.74, 6) is -2.25. The van der Waals surface area contributed by atoms with Gasteiger partial charge in [0, 0.05) is 18.9 Å². The normalized spacial score (nSPS) is 25.7. The predicted octanol–water partition coefficient (Wildman–Crippen LogP) is 3.72. The zero-order valence-electron chi connectivity index (χ0n) is 19.0. The second-order valence-corrected chi connectivity index (χ2v) is 8.91. The van der Waals surface area contributed by atoms with Crippen molar-refractivity contribution in [2.75, 3.05) is 13.2 Å². The number of ether oxygens (including phenoxy) is 2. The Bertz CT molecular complexity index is 794. The molecule has 3 atom stereocenters. The number of carbonyl (C=O) groups excluding carboxylic acids is 2. The molecule has 0 spiro atoms. The maximum Gasteiger partial charge on any atom is 0.326 e. The number of hydrogen-bond acceptors (Lipinski definition) is 5. The van der Waals surface area contributed by atoms with Crippen molar-refractivity contribution in [1.29, 1.82) is 0 Å². The van der Waals surface area contributed by atoms with Gasteiger partial charge in [0.05, 0.1) is 25.7 Å². The number of carbonyl (C=O) groups is 3. The Morgan fingerprint density at radius 2 is 2.00 bits per heavy atom. The summed E-state index contributed by atoms with van der Waals surface area (Å²) in [7, 11) is 0. The molecule has 2 aliphatic heterocycles. The Balaban J connectivity index is 1.78. The Kier molecular flexibility index (Phi) is 9.09. The standard InChI is InChI=1S/C25H35NO6/c1-2-3-11-20-14-23(27)31-12-6-4-5-8-18-9-7-10-19(13-18)17-32-21-15-22(25(29)30)26(16-21)24(20)28/h7,9-10,13,20-22H,2-6,8,11-12,14-17H2,1H3,(H,29,30)/t20-,21-,22+/m1/s1. The van der Waals surface area contributed by atoms with Crippen molar-refractivity contribution in [2.45, 2.75) is 83.5 Å². The van der Waals surface area contributed by atoms with Gasteiger partial charge < -0.3 is 19.5 Å². The number of carboxylic acid groups (broad SMARTS) is 1. The van der Waals surface area contributed by atoms with Gasteiger partial charge in [0.1, 0.15) is 6.04 Å². The van der Waals surface area contributed by atoms with Crippen molar-refractivity contribution in [3.63, 3.8) is 0 Å². The molecule has 0 aliphatic carbocycles. The molecule has 0 radical (unpaired) electrons. The van der Waals surface area contributed by atoms with Gasteiger partial charge in [0.15, 0.2) is 0 Å². The van der Waals surface area contributed by atoms with Gasteiger partial charge in [-0.3, -0.25) is 9.59 Å². The van der Waals surface area contributed by atoms with E-state index in [0.717, 1.165) is 44.1 Å². The number of carboxylic acids is 1. The summed E-state index contributed by atoms with van der Waals surface area (Å²) in [6.45, 7) is 3.00. The minimum atomic E-state index is -1.03. The lowest BCUT2D eigenvalue weighted by molar-refractivity contribution is -0.153. The van der Waals surface area contributed by atoms with E-state index >= 15 is 0 Å². The number of benzene rings is 1. The van der Waals surface area contributed by atoms with Crippen molar-refractivity contribution in [3.8, 4) is 0 Å². The van der Waals surface area contributed by atoms with Crippen LogP contribution in [0.4, 0.5) is 0 Å². The van der Waals surface area contributed by atoms with Crippen LogP contribution < -0.4 is 0 Å². The molecule has 0 aromatic heterocycles. The number of nitrogens with zero attached hydrogens (tertiary/aromatic N) is 1. The van der Waals surface area contributed by atoms with E-state index in [4.69, 9.17) is 9.47 Å². The lowest BCUT2D eigenvalue weighted by atomic mass is 9.96. The largest absolute Gasteiger partial charge is 0.480 e. The van der Waals surface area contributed by atoms with Crippen LogP contribution in [0.15, 0.2) is 24.3 Å². The smallest absolute Gasteiger partial charge is 0.326 e. The summed E-state index contributed by atoms with van der Waals surface area (Å²) in [4.78, 5) is 39.0. The topological polar surface area (TPSA) is 93.1 Å². The van der Waals surface area contributed by atoms with E-state index in [1.165, 1.54) is 10.5 Å². The monoisotopic (exact) mass is 445 g/mol. The van der Waals surface area contributed by atoms with Crippen molar-refractivity contribution < 1.29 is 29.0 Å². The highest BCUT2D eigenvalue weighted by molar-refractivity contribution is 5.88. The van der Waals surface area contributed by atoms with Gasteiger partial charge >= 0.3 is 11.9 Å². The molecule has 1 saturated heterocycles. The van der Waals surface area contributed by atoms with Crippen LogP contribution in [-0.2, 0) is 36.9 Å². The Morgan fingerprint density at radius 3 is 2.78 bits per heavy atom. The number of fused-ring (bicyclic) bond motifs is 4. The number of unbranched alkanes of at least 4 members (excludes halogenated alkanes) is 1. The molecule has 176 valence electrons. The quantitative estimate of drug-likeness (QED) is 0.710. The van der Waals surface area contributed by atoms with Crippen LogP contribution in [0.1, 0.15) is 69.4 Å². The maximum absolute atomic E-state index is 13.3. The van der Waals surface area contributed by atoms with E-state index in [-0.39, 0.29) is 37.4 Å². The molecule has 3 rings (SSSR count). The molecule has 4 bridgehead atoms. The highest BCUT2D eigenvalue weighted by Gasteiger charge is 2.42. The second-order valence-electron chi connectivity index (χ2n) is 8.91. The maximum atomic E-state index is 13.3. The number of aliphatic carboxylic acids is 1. The third-order valence-electron chi connectivity index (χ3n) is 6.35. The van der Waals surface area contributed by atoms with Gasteiger partial charge in [-0.2, -0.15) is 0 Å². The van der Waals surface area contributed by atoms with E-state index < -0.39 is 17.9 Å². The molecule has 1 fully saturated rings. The minimum absolute atomic E-state index is 0.00222. The van der Waals surface area contributed by atoms with E-state index in [1.807, 2.05) is 19.1 Å². The molecule has 7 nitrogen and oxygen atoms in total. The van der Waals surface area contributed by atoms with E-state index in [1.54, 1.807) is 0 Å². The summed E-state index contributed by atoms with van der Waals surface area (Å²) < 4.78 is 11.4. The molecule has 0 unspecified atom stereocenters. The fourth-order valence-corrected chi connectivity index (χ4v) is 4.54. The van der Waals surface area contributed by atoms with Crippen LogP contribution in [0.5, 0.6) is 0 Å². The summed E-state index contributed by atoms with van der Waals surface area (Å²) in [5.41, 5.74) is 2.28.